The van der Waals surface area contributed by atoms with Crippen LogP contribution in [0.1, 0.15) is 38.8 Å². The van der Waals surface area contributed by atoms with Gasteiger partial charge in [0.15, 0.2) is 0 Å². The maximum Gasteiger partial charge on any atom is 0.213 e. The van der Waals surface area contributed by atoms with Crippen molar-refractivity contribution in [1.82, 2.24) is 9.80 Å². The average molecular weight is 487 g/mol. The lowest BCUT2D eigenvalue weighted by Gasteiger charge is -2.37. The second kappa shape index (κ2) is 13.1. The summed E-state index contributed by atoms with van der Waals surface area (Å²) in [4.78, 5) is 8.28. The van der Waals surface area contributed by atoms with Crippen molar-refractivity contribution in [2.24, 2.45) is 4.99 Å². The molecule has 36 heavy (non-hydrogen) atoms. The molecule has 0 radical (unpaired) electrons. The summed E-state index contributed by atoms with van der Waals surface area (Å²) in [5.74, 6) is 0.477. The molecule has 2 aromatic carbocycles. The van der Waals surface area contributed by atoms with E-state index in [1.807, 2.05) is 104 Å². The number of aliphatic hydroxyl groups excluding tert-OH is 2. The fourth-order valence-corrected chi connectivity index (χ4v) is 4.63. The quantitative estimate of drug-likeness (QED) is 0.429. The summed E-state index contributed by atoms with van der Waals surface area (Å²) in [6.07, 6.45) is 5.05. The molecule has 190 valence electrons. The molecule has 6 nitrogen and oxygen atoms in total. The first-order chi connectivity index (χ1) is 17.3. The zero-order valence-corrected chi connectivity index (χ0v) is 21.7. The van der Waals surface area contributed by atoms with Crippen LogP contribution in [0.15, 0.2) is 89.0 Å². The number of aliphatic imine (C=N–C) groups is 1. The molecule has 1 aliphatic heterocycles. The van der Waals surface area contributed by atoms with Crippen molar-refractivity contribution in [2.45, 2.75) is 64.8 Å². The van der Waals surface area contributed by atoms with Gasteiger partial charge in [-0.3, -0.25) is 0 Å². The molecule has 0 spiro atoms. The molecule has 6 heteroatoms. The van der Waals surface area contributed by atoms with Crippen LogP contribution in [-0.2, 0) is 12.8 Å². The highest BCUT2D eigenvalue weighted by Gasteiger charge is 2.44. The van der Waals surface area contributed by atoms with Crippen molar-refractivity contribution < 1.29 is 10.2 Å². The molecule has 0 aliphatic carbocycles. The molecule has 0 aromatic heterocycles. The Labute approximate surface area is 215 Å². The first-order valence-corrected chi connectivity index (χ1v) is 12.5. The van der Waals surface area contributed by atoms with Gasteiger partial charge in [0.25, 0.3) is 0 Å². The Morgan fingerprint density at radius 1 is 0.778 bits per heavy atom. The third kappa shape index (κ3) is 7.07. The summed E-state index contributed by atoms with van der Waals surface area (Å²) >= 11 is 0. The van der Waals surface area contributed by atoms with Gasteiger partial charge in [0.1, 0.15) is 12.2 Å². The number of hydrogen-bond donors (Lipinski definition) is 2. The zero-order chi connectivity index (χ0) is 26.1. The van der Waals surface area contributed by atoms with Crippen molar-refractivity contribution in [3.63, 3.8) is 0 Å². The van der Waals surface area contributed by atoms with Gasteiger partial charge >= 0.3 is 0 Å². The smallest absolute Gasteiger partial charge is 0.213 e. The molecule has 0 unspecified atom stereocenters. The molecular weight excluding hydrogens is 448 g/mol. The third-order valence-electron chi connectivity index (χ3n) is 6.57. The lowest BCUT2D eigenvalue weighted by molar-refractivity contribution is -0.0377. The number of allylic oxidation sites excluding steroid dienone is 2. The first kappa shape index (κ1) is 27.2. The minimum atomic E-state index is -1.05. The van der Waals surface area contributed by atoms with E-state index in [0.29, 0.717) is 31.9 Å². The van der Waals surface area contributed by atoms with Crippen LogP contribution in [0.2, 0.25) is 0 Å². The molecule has 1 heterocycles. The molecule has 1 saturated heterocycles. The number of guanidine groups is 1. The Morgan fingerprint density at radius 2 is 1.17 bits per heavy atom. The van der Waals surface area contributed by atoms with Gasteiger partial charge in [0.2, 0.25) is 12.2 Å². The number of hydrogen-bond acceptors (Lipinski definition) is 4. The minimum absolute atomic E-state index is 0.466. The maximum atomic E-state index is 11.7. The molecular formula is C30H38N4O2. The molecule has 4 atom stereocenters. The predicted molar refractivity (Wildman–Crippen MR) is 145 cm³/mol. The van der Waals surface area contributed by atoms with Gasteiger partial charge in [-0.05, 0) is 51.7 Å². The Bertz CT molecular complexity index is 1020. The Hall–Kier alpha value is -3.40. The number of nitriles is 1. The van der Waals surface area contributed by atoms with E-state index in [4.69, 9.17) is 0 Å². The Balaban J connectivity index is 2.16. The Kier molecular flexibility index (Phi) is 9.86. The van der Waals surface area contributed by atoms with Gasteiger partial charge in [-0.1, -0.05) is 84.0 Å². The lowest BCUT2D eigenvalue weighted by atomic mass is 9.91. The average Bonchev–Trinajstić information content (AvgIpc) is 2.93. The second-order valence-corrected chi connectivity index (χ2v) is 9.87. The summed E-state index contributed by atoms with van der Waals surface area (Å²) in [7, 11) is 0. The van der Waals surface area contributed by atoms with Crippen LogP contribution in [0, 0.1) is 11.5 Å². The highest BCUT2D eigenvalue weighted by Crippen LogP contribution is 2.28. The zero-order valence-electron chi connectivity index (χ0n) is 21.7. The van der Waals surface area contributed by atoms with E-state index in [-0.39, 0.29) is 0 Å². The Morgan fingerprint density at radius 3 is 1.50 bits per heavy atom. The van der Waals surface area contributed by atoms with Gasteiger partial charge in [-0.25, -0.2) is 0 Å². The molecule has 2 aromatic rings. The fourth-order valence-electron chi connectivity index (χ4n) is 4.63. The van der Waals surface area contributed by atoms with Gasteiger partial charge in [0.05, 0.1) is 12.1 Å². The monoisotopic (exact) mass is 486 g/mol. The van der Waals surface area contributed by atoms with Crippen LogP contribution in [0.4, 0.5) is 0 Å². The van der Waals surface area contributed by atoms with Crippen molar-refractivity contribution in [1.29, 1.82) is 5.26 Å². The lowest BCUT2D eigenvalue weighted by Crippen LogP contribution is -2.52. The summed E-state index contributed by atoms with van der Waals surface area (Å²) < 4.78 is 0. The van der Waals surface area contributed by atoms with E-state index in [2.05, 4.69) is 17.1 Å². The standard InChI is InChI=1S/C30H38N4O2/c1-22(2)15-17-33-26(19-24-11-7-5-8-12-24)28(35)29(36)27(20-25-13-9-6-10-14-25)34(18-16-23(3)4)30(33)32-21-31/h5-16,26-29,35-36H,17-20H2,1-4H3/t26-,27-,28+,29+/m1/s1. The maximum absolute atomic E-state index is 11.7. The van der Waals surface area contributed by atoms with Crippen LogP contribution in [0.3, 0.4) is 0 Å². The van der Waals surface area contributed by atoms with Crippen LogP contribution in [0.25, 0.3) is 0 Å². The minimum Gasteiger partial charge on any atom is -0.388 e. The van der Waals surface area contributed by atoms with Gasteiger partial charge in [0, 0.05) is 13.1 Å². The van der Waals surface area contributed by atoms with Crippen molar-refractivity contribution in [3.8, 4) is 6.19 Å². The number of nitrogens with zero attached hydrogens (tertiary/aromatic N) is 4. The van der Waals surface area contributed by atoms with E-state index < -0.39 is 24.3 Å². The van der Waals surface area contributed by atoms with Gasteiger partial charge < -0.3 is 20.0 Å². The van der Waals surface area contributed by atoms with Crippen LogP contribution >= 0.6 is 0 Å². The predicted octanol–water partition coefficient (Wildman–Crippen LogP) is 4.32. The molecule has 0 bridgehead atoms. The van der Waals surface area contributed by atoms with E-state index in [9.17, 15) is 15.5 Å². The summed E-state index contributed by atoms with van der Waals surface area (Å²) in [5.41, 5.74) is 4.34. The van der Waals surface area contributed by atoms with Crippen LogP contribution in [-0.4, -0.2) is 63.4 Å². The van der Waals surface area contributed by atoms with Crippen molar-refractivity contribution in [2.75, 3.05) is 13.1 Å². The van der Waals surface area contributed by atoms with Crippen molar-refractivity contribution >= 4 is 5.96 Å². The van der Waals surface area contributed by atoms with Gasteiger partial charge in [-0.2, -0.15) is 5.26 Å². The first-order valence-electron chi connectivity index (χ1n) is 12.5. The largest absolute Gasteiger partial charge is 0.388 e. The molecule has 0 saturated carbocycles. The normalized spacial score (nSPS) is 21.9. The molecule has 1 fully saturated rings. The van der Waals surface area contributed by atoms with Gasteiger partial charge in [-0.15, -0.1) is 4.99 Å². The van der Waals surface area contributed by atoms with Crippen LogP contribution in [0.5, 0.6) is 0 Å². The third-order valence-corrected chi connectivity index (χ3v) is 6.57. The van der Waals surface area contributed by atoms with E-state index in [1.54, 1.807) is 0 Å². The summed E-state index contributed by atoms with van der Waals surface area (Å²) in [6.45, 7) is 9.03. The summed E-state index contributed by atoms with van der Waals surface area (Å²) in [6, 6.07) is 18.9. The highest BCUT2D eigenvalue weighted by atomic mass is 16.3. The molecule has 0 amide bonds. The molecule has 1 aliphatic rings. The fraction of sp³-hybridized carbons (Fsp3) is 0.400. The van der Waals surface area contributed by atoms with E-state index >= 15 is 0 Å². The molecule has 3 rings (SSSR count). The SMILES string of the molecule is CC(C)=CCN1C(=NC#N)N(CC=C(C)C)[C@H](Cc2ccccc2)[C@H](O)[C@@H](O)[C@H]1Cc1ccccc1. The van der Waals surface area contributed by atoms with E-state index in [1.165, 1.54) is 0 Å². The van der Waals surface area contributed by atoms with E-state index in [0.717, 1.165) is 22.3 Å². The summed E-state index contributed by atoms with van der Waals surface area (Å²) in [5, 5.41) is 33.0. The highest BCUT2D eigenvalue weighted by molar-refractivity contribution is 5.83. The number of rotatable bonds is 8. The number of aliphatic hydroxyl groups is 2. The topological polar surface area (TPSA) is 83.1 Å². The van der Waals surface area contributed by atoms with Crippen molar-refractivity contribution in [3.05, 3.63) is 95.1 Å². The second-order valence-electron chi connectivity index (χ2n) is 9.87. The number of benzene rings is 2. The molecule has 2 N–H and O–H groups in total. The van der Waals surface area contributed by atoms with Crippen LogP contribution < -0.4 is 0 Å².